The molecule has 3 unspecified atom stereocenters. The zero-order valence-corrected chi connectivity index (χ0v) is 42.5. The molecule has 0 aliphatic heterocycles. The molecule has 1 N–H and O–H groups in total. The van der Waals surface area contributed by atoms with Crippen molar-refractivity contribution in [2.45, 2.75) is 83.2 Å². The number of ether oxygens (including phenoxy) is 9. The van der Waals surface area contributed by atoms with Crippen molar-refractivity contribution in [3.8, 4) is 11.5 Å². The Morgan fingerprint density at radius 3 is 1.29 bits per heavy atom. The van der Waals surface area contributed by atoms with Crippen molar-refractivity contribution < 1.29 is 111 Å². The fraction of sp³-hybridized carbons (Fsp3) is 0.431. The van der Waals surface area contributed by atoms with Gasteiger partial charge < -0.3 is 57.4 Å². The summed E-state index contributed by atoms with van der Waals surface area (Å²) in [6.45, 7) is 0.829. The molecule has 4 aromatic carbocycles. The number of hydrogen-bond acceptors (Lipinski definition) is 25. The quantitative estimate of drug-likeness (QED) is 0.0172. The van der Waals surface area contributed by atoms with E-state index in [1.165, 1.54) is 31.2 Å². The van der Waals surface area contributed by atoms with Gasteiger partial charge >= 0.3 is 53.7 Å². The SMILES string of the molecule is CCOC(=O)CC(O)(CC(=O)OCC(=O)Oc1ccc2cc(C(C)C(=O)OCC(=O)OCCCCO[N+](=O)[O-])ccc2c1)CC(=O)OCC(=O)Oc1ccc2ccc(C(C)C(=O)OCC(=O)OCCCCO[N+](=O)[O-])cc2c1. The molecule has 0 spiro atoms. The van der Waals surface area contributed by atoms with Crippen LogP contribution in [0, 0.1) is 20.2 Å². The highest BCUT2D eigenvalue weighted by molar-refractivity contribution is 5.90. The zero-order valence-electron chi connectivity index (χ0n) is 42.5. The molecule has 0 heterocycles. The lowest BCUT2D eigenvalue weighted by molar-refractivity contribution is -0.757. The second kappa shape index (κ2) is 31.1. The van der Waals surface area contributed by atoms with Gasteiger partial charge in [0.05, 0.1) is 69.7 Å². The van der Waals surface area contributed by atoms with E-state index in [9.17, 15) is 68.5 Å². The van der Waals surface area contributed by atoms with Crippen LogP contribution in [0.25, 0.3) is 21.5 Å². The maximum atomic E-state index is 12.9. The Labute approximate surface area is 443 Å². The number of esters is 9. The molecule has 27 heteroatoms. The molecule has 0 aromatic heterocycles. The maximum Gasteiger partial charge on any atom is 0.349 e. The van der Waals surface area contributed by atoms with Gasteiger partial charge in [0.1, 0.15) is 11.5 Å². The highest BCUT2D eigenvalue weighted by Gasteiger charge is 2.38. The Morgan fingerprint density at radius 1 is 0.462 bits per heavy atom. The van der Waals surface area contributed by atoms with Gasteiger partial charge in [0, 0.05) is 0 Å². The summed E-state index contributed by atoms with van der Waals surface area (Å²) in [6.07, 6.45) is -1.77. The van der Waals surface area contributed by atoms with Crippen LogP contribution in [0.3, 0.4) is 0 Å². The summed E-state index contributed by atoms with van der Waals surface area (Å²) in [4.78, 5) is 142. The van der Waals surface area contributed by atoms with Gasteiger partial charge in [-0.2, -0.15) is 0 Å². The minimum Gasteiger partial charge on any atom is -0.466 e. The first-order valence-corrected chi connectivity index (χ1v) is 24.0. The molecule has 0 radical (unpaired) electrons. The second-order valence-corrected chi connectivity index (χ2v) is 17.0. The molecule has 0 fully saturated rings. The average Bonchev–Trinajstić information content (AvgIpc) is 3.39. The van der Waals surface area contributed by atoms with E-state index in [2.05, 4.69) is 9.68 Å². The number of aliphatic hydroxyl groups is 1. The van der Waals surface area contributed by atoms with Crippen LogP contribution in [0.5, 0.6) is 11.5 Å². The third-order valence-corrected chi connectivity index (χ3v) is 10.9. The van der Waals surface area contributed by atoms with Crippen LogP contribution in [0.1, 0.15) is 88.7 Å². The van der Waals surface area contributed by atoms with E-state index in [-0.39, 0.29) is 57.4 Å². The molecule has 0 saturated heterocycles. The predicted molar refractivity (Wildman–Crippen MR) is 262 cm³/mol. The standard InChI is InChI=1S/C51H56N2O25/c1-4-68-42(54)25-51(63,26-43(55)71-30-47(59)77-40-16-14-37-21-35(11-12-38(37)23-40)32(2)49(61)73-28-45(57)69-17-5-7-19-75-52(64)65)27-44(56)72-31-48(60)78-41-15-13-34-9-10-36(22-39(34)24-41)33(3)50(62)74-29-46(58)70-18-6-8-20-76-53(66)67/h9-16,21-24,32-33,63H,4-8,17-20,25-31H2,1-3H3. The van der Waals surface area contributed by atoms with Crippen molar-refractivity contribution in [3.63, 3.8) is 0 Å². The molecular formula is C51H56N2O25. The molecule has 0 aliphatic rings. The summed E-state index contributed by atoms with van der Waals surface area (Å²) >= 11 is 0. The molecule has 3 atom stereocenters. The van der Waals surface area contributed by atoms with Crippen LogP contribution >= 0.6 is 0 Å². The van der Waals surface area contributed by atoms with Gasteiger partial charge in [0.25, 0.3) is 10.2 Å². The lowest BCUT2D eigenvalue weighted by atomic mass is 9.91. The third kappa shape index (κ3) is 22.1. The van der Waals surface area contributed by atoms with Gasteiger partial charge in [-0.25, -0.2) is 19.2 Å². The van der Waals surface area contributed by atoms with E-state index in [0.717, 1.165) is 0 Å². The van der Waals surface area contributed by atoms with E-state index in [1.54, 1.807) is 62.4 Å². The largest absolute Gasteiger partial charge is 0.466 e. The Bertz CT molecular complexity index is 2810. The van der Waals surface area contributed by atoms with E-state index >= 15 is 0 Å². The third-order valence-electron chi connectivity index (χ3n) is 10.9. The number of fused-ring (bicyclic) bond motifs is 2. The Balaban J connectivity index is 1.23. The molecule has 4 rings (SSSR count). The number of nitrogens with zero attached hydrogens (tertiary/aromatic N) is 2. The van der Waals surface area contributed by atoms with Crippen LogP contribution in [-0.4, -0.2) is 134 Å². The molecule has 27 nitrogen and oxygen atoms in total. The minimum absolute atomic E-state index is 0.0161. The Morgan fingerprint density at radius 2 is 0.833 bits per heavy atom. The van der Waals surface area contributed by atoms with Gasteiger partial charge in [-0.1, -0.05) is 48.5 Å². The maximum absolute atomic E-state index is 12.9. The first kappa shape index (κ1) is 61.5. The van der Waals surface area contributed by atoms with Crippen molar-refractivity contribution in [3.05, 3.63) is 104 Å². The van der Waals surface area contributed by atoms with Crippen LogP contribution in [0.4, 0.5) is 0 Å². The number of carbonyl (C=O) groups excluding carboxylic acids is 9. The molecule has 0 saturated carbocycles. The highest BCUT2D eigenvalue weighted by atomic mass is 17.0. The summed E-state index contributed by atoms with van der Waals surface area (Å²) in [5.41, 5.74) is -1.45. The predicted octanol–water partition coefficient (Wildman–Crippen LogP) is 4.41. The zero-order chi connectivity index (χ0) is 57.2. The number of rotatable bonds is 33. The molecule has 420 valence electrons. The van der Waals surface area contributed by atoms with Crippen LogP contribution in [0.15, 0.2) is 72.8 Å². The van der Waals surface area contributed by atoms with Crippen molar-refractivity contribution in [2.75, 3.05) is 59.5 Å². The first-order chi connectivity index (χ1) is 37.1. The summed E-state index contributed by atoms with van der Waals surface area (Å²) in [5.74, 6) is -10.2. The first-order valence-electron chi connectivity index (χ1n) is 24.0. The average molecular weight is 1100 g/mol. The fourth-order valence-corrected chi connectivity index (χ4v) is 6.98. The van der Waals surface area contributed by atoms with E-state index in [0.29, 0.717) is 45.5 Å². The lowest BCUT2D eigenvalue weighted by Gasteiger charge is -2.25. The van der Waals surface area contributed by atoms with Crippen molar-refractivity contribution in [1.29, 1.82) is 0 Å². The monoisotopic (exact) mass is 1100 g/mol. The van der Waals surface area contributed by atoms with Crippen LogP contribution < -0.4 is 9.47 Å². The smallest absolute Gasteiger partial charge is 0.349 e. The fourth-order valence-electron chi connectivity index (χ4n) is 6.98. The van der Waals surface area contributed by atoms with Gasteiger partial charge in [-0.3, -0.25) is 24.0 Å². The van der Waals surface area contributed by atoms with Gasteiger partial charge in [0.15, 0.2) is 26.4 Å². The molecule has 4 aromatic rings. The summed E-state index contributed by atoms with van der Waals surface area (Å²) in [7, 11) is 0. The van der Waals surface area contributed by atoms with Gasteiger partial charge in [-0.05, 0) is 103 Å². The van der Waals surface area contributed by atoms with Crippen molar-refractivity contribution in [1.82, 2.24) is 0 Å². The Kier molecular flexibility index (Phi) is 24.6. The van der Waals surface area contributed by atoms with Crippen molar-refractivity contribution in [2.24, 2.45) is 0 Å². The van der Waals surface area contributed by atoms with Gasteiger partial charge in [-0.15, -0.1) is 20.2 Å². The van der Waals surface area contributed by atoms with Crippen LogP contribution in [0.2, 0.25) is 0 Å². The van der Waals surface area contributed by atoms with E-state index < -0.39 is 127 Å². The lowest BCUT2D eigenvalue weighted by Crippen LogP contribution is -2.39. The topological polar surface area (TPSA) is 362 Å². The molecule has 78 heavy (non-hydrogen) atoms. The second-order valence-electron chi connectivity index (χ2n) is 17.0. The number of carbonyl (C=O) groups is 9. The minimum atomic E-state index is -2.46. The van der Waals surface area contributed by atoms with Crippen LogP contribution in [-0.2, 0) is 86.0 Å². The van der Waals surface area contributed by atoms with E-state index in [1.807, 2.05) is 0 Å². The van der Waals surface area contributed by atoms with Gasteiger partial charge in [0.2, 0.25) is 0 Å². The molecule has 0 bridgehead atoms. The summed E-state index contributed by atoms with van der Waals surface area (Å²) in [5, 5.41) is 32.2. The molecule has 0 amide bonds. The van der Waals surface area contributed by atoms with Crippen molar-refractivity contribution >= 4 is 75.3 Å². The summed E-state index contributed by atoms with van der Waals surface area (Å²) in [6, 6.07) is 18.9. The molecule has 0 aliphatic carbocycles. The Hall–Kier alpha value is -9.01. The highest BCUT2D eigenvalue weighted by Crippen LogP contribution is 2.29. The normalized spacial score (nSPS) is 12.3. The van der Waals surface area contributed by atoms with E-state index in [4.69, 9.17) is 42.6 Å². The molecular weight excluding hydrogens is 1040 g/mol. The number of hydrogen-bond donors (Lipinski definition) is 1. The number of benzene rings is 4. The summed E-state index contributed by atoms with van der Waals surface area (Å²) < 4.78 is 45.5. The number of unbranched alkanes of at least 4 members (excludes halogenated alkanes) is 2.